The van der Waals surface area contributed by atoms with Gasteiger partial charge in [-0.15, -0.1) is 0 Å². The van der Waals surface area contributed by atoms with Crippen LogP contribution in [0, 0.1) is 11.3 Å². The van der Waals surface area contributed by atoms with Crippen molar-refractivity contribution in [2.45, 2.75) is 59.0 Å². The Morgan fingerprint density at radius 2 is 1.58 bits per heavy atom. The van der Waals surface area contributed by atoms with Gasteiger partial charge >= 0.3 is 0 Å². The third-order valence-corrected chi connectivity index (χ3v) is 3.29. The smallest absolute Gasteiger partial charge is 0.0620 e. The van der Waals surface area contributed by atoms with Crippen LogP contribution in [-0.2, 0) is 0 Å². The van der Waals surface area contributed by atoms with E-state index in [1.807, 2.05) is 6.92 Å². The van der Waals surface area contributed by atoms with Gasteiger partial charge in [-0.1, -0.05) is 20.8 Å². The van der Waals surface area contributed by atoms with Crippen LogP contribution >= 0.6 is 0 Å². The van der Waals surface area contributed by atoms with Crippen molar-refractivity contribution in [3.63, 3.8) is 0 Å². The molecule has 1 aliphatic rings. The van der Waals surface area contributed by atoms with Gasteiger partial charge < -0.3 is 5.11 Å². The van der Waals surface area contributed by atoms with Gasteiger partial charge in [-0.25, -0.2) is 0 Å². The Bertz CT molecular complexity index is 143. The molecule has 0 radical (unpaired) electrons. The highest BCUT2D eigenvalue weighted by molar-refractivity contribution is 4.86. The molecular weight excluding hydrogens is 148 g/mol. The molecule has 1 rings (SSSR count). The SMILES string of the molecule is CC1(O)CCC(C(C)(C)C)CC1. The molecule has 0 aliphatic heterocycles. The third kappa shape index (κ3) is 2.48. The van der Waals surface area contributed by atoms with Crippen LogP contribution in [0.3, 0.4) is 0 Å². The van der Waals surface area contributed by atoms with Gasteiger partial charge in [-0.3, -0.25) is 0 Å². The fraction of sp³-hybridized carbons (Fsp3) is 1.00. The van der Waals surface area contributed by atoms with Crippen LogP contribution in [-0.4, -0.2) is 10.7 Å². The first-order chi connectivity index (χ1) is 5.31. The van der Waals surface area contributed by atoms with Crippen molar-refractivity contribution in [1.29, 1.82) is 0 Å². The molecule has 1 fully saturated rings. The number of aliphatic hydroxyl groups is 1. The molecule has 0 saturated heterocycles. The fourth-order valence-electron chi connectivity index (χ4n) is 2.11. The maximum absolute atomic E-state index is 9.76. The fourth-order valence-corrected chi connectivity index (χ4v) is 2.11. The summed E-state index contributed by atoms with van der Waals surface area (Å²) >= 11 is 0. The summed E-state index contributed by atoms with van der Waals surface area (Å²) in [6.45, 7) is 8.87. The highest BCUT2D eigenvalue weighted by Gasteiger charge is 2.33. The Kier molecular flexibility index (Phi) is 2.53. The van der Waals surface area contributed by atoms with E-state index in [1.165, 1.54) is 12.8 Å². The summed E-state index contributed by atoms with van der Waals surface area (Å²) in [6.07, 6.45) is 4.34. The van der Waals surface area contributed by atoms with E-state index >= 15 is 0 Å². The summed E-state index contributed by atoms with van der Waals surface area (Å²) in [5.74, 6) is 0.803. The second kappa shape index (κ2) is 3.02. The van der Waals surface area contributed by atoms with Gasteiger partial charge in [0.1, 0.15) is 0 Å². The lowest BCUT2D eigenvalue weighted by molar-refractivity contribution is -0.00969. The zero-order valence-corrected chi connectivity index (χ0v) is 8.85. The Hall–Kier alpha value is -0.0400. The van der Waals surface area contributed by atoms with Crippen molar-refractivity contribution in [1.82, 2.24) is 0 Å². The van der Waals surface area contributed by atoms with E-state index < -0.39 is 0 Å². The van der Waals surface area contributed by atoms with E-state index in [0.29, 0.717) is 5.41 Å². The van der Waals surface area contributed by atoms with Gasteiger partial charge in [0.2, 0.25) is 0 Å². The van der Waals surface area contributed by atoms with Crippen molar-refractivity contribution in [2.24, 2.45) is 11.3 Å². The molecule has 72 valence electrons. The van der Waals surface area contributed by atoms with E-state index in [9.17, 15) is 5.11 Å². The molecule has 0 spiro atoms. The summed E-state index contributed by atoms with van der Waals surface area (Å²) in [5, 5.41) is 9.76. The summed E-state index contributed by atoms with van der Waals surface area (Å²) in [5.41, 5.74) is 0.0538. The molecule has 1 nitrogen and oxygen atoms in total. The van der Waals surface area contributed by atoms with E-state index in [1.54, 1.807) is 0 Å². The average Bonchev–Trinajstić information content (AvgIpc) is 1.83. The molecule has 0 heterocycles. The molecule has 0 aromatic heterocycles. The average molecular weight is 170 g/mol. The maximum Gasteiger partial charge on any atom is 0.0620 e. The molecule has 1 heteroatoms. The second-order valence-corrected chi connectivity index (χ2v) is 5.64. The third-order valence-electron chi connectivity index (χ3n) is 3.29. The summed E-state index contributed by atoms with van der Waals surface area (Å²) < 4.78 is 0. The quantitative estimate of drug-likeness (QED) is 0.592. The minimum Gasteiger partial charge on any atom is -0.390 e. The predicted octanol–water partition coefficient (Wildman–Crippen LogP) is 2.97. The van der Waals surface area contributed by atoms with Gasteiger partial charge in [0.05, 0.1) is 5.60 Å². The Morgan fingerprint density at radius 3 is 1.92 bits per heavy atom. The van der Waals surface area contributed by atoms with Crippen molar-refractivity contribution in [3.8, 4) is 0 Å². The summed E-state index contributed by atoms with van der Waals surface area (Å²) in [4.78, 5) is 0. The molecule has 1 saturated carbocycles. The normalized spacial score (nSPS) is 38.2. The largest absolute Gasteiger partial charge is 0.390 e. The lowest BCUT2D eigenvalue weighted by atomic mass is 9.69. The van der Waals surface area contributed by atoms with Gasteiger partial charge in [0, 0.05) is 0 Å². The molecule has 0 aromatic rings. The van der Waals surface area contributed by atoms with Gasteiger partial charge in [0.25, 0.3) is 0 Å². The Labute approximate surface area is 76.2 Å². The molecule has 0 unspecified atom stereocenters. The van der Waals surface area contributed by atoms with Crippen LogP contribution in [0.4, 0.5) is 0 Å². The van der Waals surface area contributed by atoms with E-state index in [0.717, 1.165) is 18.8 Å². The first-order valence-corrected chi connectivity index (χ1v) is 5.04. The van der Waals surface area contributed by atoms with Crippen LogP contribution in [0.1, 0.15) is 53.4 Å². The molecule has 1 N–H and O–H groups in total. The summed E-state index contributed by atoms with van der Waals surface area (Å²) in [7, 11) is 0. The zero-order chi connectivity index (χ0) is 9.41. The number of hydrogen-bond acceptors (Lipinski definition) is 1. The lowest BCUT2D eigenvalue weighted by Gasteiger charge is -2.39. The Morgan fingerprint density at radius 1 is 1.17 bits per heavy atom. The van der Waals surface area contributed by atoms with Crippen LogP contribution in [0.15, 0.2) is 0 Å². The lowest BCUT2D eigenvalue weighted by Crippen LogP contribution is -2.34. The molecule has 0 aromatic carbocycles. The minimum absolute atomic E-state index is 0.373. The van der Waals surface area contributed by atoms with Crippen LogP contribution in [0.25, 0.3) is 0 Å². The molecular formula is C11H22O. The molecule has 12 heavy (non-hydrogen) atoms. The molecule has 1 aliphatic carbocycles. The van der Waals surface area contributed by atoms with Crippen LogP contribution in [0.5, 0.6) is 0 Å². The van der Waals surface area contributed by atoms with E-state index in [-0.39, 0.29) is 5.60 Å². The van der Waals surface area contributed by atoms with Crippen molar-refractivity contribution < 1.29 is 5.11 Å². The molecule has 0 atom stereocenters. The highest BCUT2D eigenvalue weighted by atomic mass is 16.3. The van der Waals surface area contributed by atoms with Gasteiger partial charge in [0.15, 0.2) is 0 Å². The van der Waals surface area contributed by atoms with Gasteiger partial charge in [-0.05, 0) is 43.9 Å². The van der Waals surface area contributed by atoms with E-state index in [2.05, 4.69) is 20.8 Å². The van der Waals surface area contributed by atoms with Crippen molar-refractivity contribution in [2.75, 3.05) is 0 Å². The van der Waals surface area contributed by atoms with Gasteiger partial charge in [-0.2, -0.15) is 0 Å². The zero-order valence-electron chi connectivity index (χ0n) is 8.85. The maximum atomic E-state index is 9.76. The second-order valence-electron chi connectivity index (χ2n) is 5.64. The predicted molar refractivity (Wildman–Crippen MR) is 52.0 cm³/mol. The van der Waals surface area contributed by atoms with Crippen LogP contribution < -0.4 is 0 Å². The molecule has 0 bridgehead atoms. The first-order valence-electron chi connectivity index (χ1n) is 5.04. The first kappa shape index (κ1) is 10.0. The molecule has 0 amide bonds. The summed E-state index contributed by atoms with van der Waals surface area (Å²) in [6, 6.07) is 0. The minimum atomic E-state index is -0.373. The van der Waals surface area contributed by atoms with Crippen molar-refractivity contribution in [3.05, 3.63) is 0 Å². The number of rotatable bonds is 0. The topological polar surface area (TPSA) is 20.2 Å². The number of hydrogen-bond donors (Lipinski definition) is 1. The Balaban J connectivity index is 2.47. The van der Waals surface area contributed by atoms with E-state index in [4.69, 9.17) is 0 Å². The van der Waals surface area contributed by atoms with Crippen LogP contribution in [0.2, 0.25) is 0 Å². The monoisotopic (exact) mass is 170 g/mol. The standard InChI is InChI=1S/C11H22O/c1-10(2,3)9-5-7-11(4,12)8-6-9/h9,12H,5-8H2,1-4H3. The van der Waals surface area contributed by atoms with Crippen molar-refractivity contribution >= 4 is 0 Å². The highest BCUT2D eigenvalue weighted by Crippen LogP contribution is 2.40.